The van der Waals surface area contributed by atoms with Crippen LogP contribution in [-0.4, -0.2) is 31.1 Å². The average molecular weight is 384 g/mol. The fourth-order valence-electron chi connectivity index (χ4n) is 4.27. The Morgan fingerprint density at radius 3 is 2.70 bits per heavy atom. The Morgan fingerprint density at radius 2 is 1.91 bits per heavy atom. The summed E-state index contributed by atoms with van der Waals surface area (Å²) in [6.07, 6.45) is 10.8. The Morgan fingerprint density at radius 1 is 1.13 bits per heavy atom. The SMILES string of the molecule is Fc1cc(Br)ccc1OCCCN1CCCC2(CCCCC2)C1. The van der Waals surface area contributed by atoms with Crippen LogP contribution in [0.1, 0.15) is 51.4 Å². The van der Waals surface area contributed by atoms with E-state index in [2.05, 4.69) is 20.8 Å². The summed E-state index contributed by atoms with van der Waals surface area (Å²) in [5.74, 6) is 0.0640. The maximum Gasteiger partial charge on any atom is 0.166 e. The van der Waals surface area contributed by atoms with Crippen LogP contribution in [0.3, 0.4) is 0 Å². The smallest absolute Gasteiger partial charge is 0.166 e. The van der Waals surface area contributed by atoms with Crippen molar-refractivity contribution in [2.45, 2.75) is 51.4 Å². The number of nitrogens with zero attached hydrogens (tertiary/aromatic N) is 1. The second-order valence-corrected chi connectivity index (χ2v) is 8.13. The summed E-state index contributed by atoms with van der Waals surface area (Å²) in [4.78, 5) is 2.61. The molecule has 0 bridgehead atoms. The quantitative estimate of drug-likeness (QED) is 0.630. The lowest BCUT2D eigenvalue weighted by atomic mass is 9.69. The van der Waals surface area contributed by atoms with Gasteiger partial charge in [-0.1, -0.05) is 35.2 Å². The van der Waals surface area contributed by atoms with Gasteiger partial charge in [0.05, 0.1) is 6.61 Å². The molecule has 2 nitrogen and oxygen atoms in total. The molecule has 1 saturated heterocycles. The third-order valence-electron chi connectivity index (χ3n) is 5.42. The summed E-state index contributed by atoms with van der Waals surface area (Å²) in [5.41, 5.74) is 0.606. The van der Waals surface area contributed by atoms with Gasteiger partial charge < -0.3 is 9.64 Å². The minimum absolute atomic E-state index is 0.293. The van der Waals surface area contributed by atoms with Crippen molar-refractivity contribution >= 4 is 15.9 Å². The zero-order chi connectivity index (χ0) is 16.1. The number of likely N-dealkylation sites (tertiary alicyclic amines) is 1. The summed E-state index contributed by atoms with van der Waals surface area (Å²) >= 11 is 3.26. The Kier molecular flexibility index (Phi) is 5.97. The summed E-state index contributed by atoms with van der Waals surface area (Å²) in [7, 11) is 0. The number of benzene rings is 1. The largest absolute Gasteiger partial charge is 0.490 e. The van der Waals surface area contributed by atoms with E-state index in [1.54, 1.807) is 6.07 Å². The second kappa shape index (κ2) is 7.98. The lowest BCUT2D eigenvalue weighted by Gasteiger charge is -2.45. The molecular weight excluding hydrogens is 357 g/mol. The third-order valence-corrected chi connectivity index (χ3v) is 5.92. The van der Waals surface area contributed by atoms with Crippen LogP contribution in [0.4, 0.5) is 4.39 Å². The van der Waals surface area contributed by atoms with Crippen LogP contribution in [0.5, 0.6) is 5.75 Å². The molecule has 1 spiro atoms. The topological polar surface area (TPSA) is 12.5 Å². The van der Waals surface area contributed by atoms with Crippen LogP contribution >= 0.6 is 15.9 Å². The minimum atomic E-state index is -0.293. The van der Waals surface area contributed by atoms with Crippen LogP contribution in [0.15, 0.2) is 22.7 Å². The standard InChI is InChI=1S/C19H27BrFNO/c20-16-6-7-18(17(21)14-16)23-13-5-12-22-11-4-10-19(15-22)8-2-1-3-9-19/h6-7,14H,1-5,8-13,15H2. The molecule has 1 saturated carbocycles. The summed E-state index contributed by atoms with van der Waals surface area (Å²) in [6, 6.07) is 4.96. The first-order valence-corrected chi connectivity index (χ1v) is 9.76. The maximum absolute atomic E-state index is 13.7. The van der Waals surface area contributed by atoms with Gasteiger partial charge in [-0.3, -0.25) is 0 Å². The lowest BCUT2D eigenvalue weighted by molar-refractivity contribution is 0.0509. The normalized spacial score (nSPS) is 21.5. The number of halogens is 2. The number of hydrogen-bond acceptors (Lipinski definition) is 2. The molecule has 0 atom stereocenters. The van der Waals surface area contributed by atoms with E-state index in [0.29, 0.717) is 17.8 Å². The third kappa shape index (κ3) is 4.69. The van der Waals surface area contributed by atoms with Gasteiger partial charge in [0.2, 0.25) is 0 Å². The van der Waals surface area contributed by atoms with E-state index in [9.17, 15) is 4.39 Å². The fraction of sp³-hybridized carbons (Fsp3) is 0.684. The Labute approximate surface area is 147 Å². The molecule has 1 heterocycles. The molecule has 1 aliphatic carbocycles. The van der Waals surface area contributed by atoms with Crippen LogP contribution < -0.4 is 4.74 Å². The predicted molar refractivity (Wildman–Crippen MR) is 95.4 cm³/mol. The van der Waals surface area contributed by atoms with Gasteiger partial charge in [-0.25, -0.2) is 4.39 Å². The Balaban J connectivity index is 1.41. The van der Waals surface area contributed by atoms with Crippen LogP contribution in [0.25, 0.3) is 0 Å². The monoisotopic (exact) mass is 383 g/mol. The molecule has 0 amide bonds. The van der Waals surface area contributed by atoms with E-state index >= 15 is 0 Å². The van der Waals surface area contributed by atoms with E-state index in [0.717, 1.165) is 17.4 Å². The molecule has 0 aromatic heterocycles. The van der Waals surface area contributed by atoms with Gasteiger partial charge in [0.15, 0.2) is 11.6 Å². The zero-order valence-electron chi connectivity index (χ0n) is 13.8. The molecule has 1 aliphatic heterocycles. The van der Waals surface area contributed by atoms with Crippen molar-refractivity contribution < 1.29 is 9.13 Å². The van der Waals surface area contributed by atoms with Crippen molar-refractivity contribution in [3.8, 4) is 5.75 Å². The molecule has 23 heavy (non-hydrogen) atoms. The lowest BCUT2D eigenvalue weighted by Crippen LogP contribution is -2.44. The zero-order valence-corrected chi connectivity index (χ0v) is 15.4. The van der Waals surface area contributed by atoms with Crippen molar-refractivity contribution in [2.24, 2.45) is 5.41 Å². The van der Waals surface area contributed by atoms with Gasteiger partial charge >= 0.3 is 0 Å². The van der Waals surface area contributed by atoms with Crippen LogP contribution in [-0.2, 0) is 0 Å². The number of hydrogen-bond donors (Lipinski definition) is 0. The average Bonchev–Trinajstić information content (AvgIpc) is 2.54. The van der Waals surface area contributed by atoms with Gasteiger partial charge in [0.25, 0.3) is 0 Å². The van der Waals surface area contributed by atoms with Gasteiger partial charge in [-0.05, 0) is 62.3 Å². The van der Waals surface area contributed by atoms with E-state index in [1.165, 1.54) is 64.1 Å². The first-order valence-electron chi connectivity index (χ1n) is 8.97. The van der Waals surface area contributed by atoms with E-state index in [-0.39, 0.29) is 5.82 Å². The van der Waals surface area contributed by atoms with Crippen molar-refractivity contribution in [1.82, 2.24) is 4.90 Å². The summed E-state index contributed by atoms with van der Waals surface area (Å²) < 4.78 is 20.0. The molecule has 4 heteroatoms. The van der Waals surface area contributed by atoms with Gasteiger partial charge in [0, 0.05) is 17.6 Å². The molecule has 1 aromatic carbocycles. The van der Waals surface area contributed by atoms with Crippen LogP contribution in [0.2, 0.25) is 0 Å². The highest BCUT2D eigenvalue weighted by atomic mass is 79.9. The van der Waals surface area contributed by atoms with E-state index in [4.69, 9.17) is 4.74 Å². The molecule has 0 N–H and O–H groups in total. The van der Waals surface area contributed by atoms with Crippen molar-refractivity contribution in [1.29, 1.82) is 0 Å². The minimum Gasteiger partial charge on any atom is -0.490 e. The maximum atomic E-state index is 13.7. The molecule has 128 valence electrons. The second-order valence-electron chi connectivity index (χ2n) is 7.22. The Bertz CT molecular complexity index is 511. The highest BCUT2D eigenvalue weighted by Gasteiger charge is 2.35. The molecule has 0 radical (unpaired) electrons. The van der Waals surface area contributed by atoms with E-state index < -0.39 is 0 Å². The first-order chi connectivity index (χ1) is 11.2. The molecule has 3 rings (SSSR count). The van der Waals surface area contributed by atoms with Gasteiger partial charge in [-0.2, -0.15) is 0 Å². The van der Waals surface area contributed by atoms with Gasteiger partial charge in [0.1, 0.15) is 0 Å². The number of piperidine rings is 1. The number of ether oxygens (including phenoxy) is 1. The molecule has 1 aromatic rings. The molecule has 2 fully saturated rings. The predicted octanol–water partition coefficient (Wildman–Crippen LogP) is 5.40. The molecule has 0 unspecified atom stereocenters. The highest BCUT2D eigenvalue weighted by Crippen LogP contribution is 2.43. The van der Waals surface area contributed by atoms with Crippen molar-refractivity contribution in [3.63, 3.8) is 0 Å². The number of rotatable bonds is 5. The van der Waals surface area contributed by atoms with Crippen molar-refractivity contribution in [3.05, 3.63) is 28.5 Å². The highest BCUT2D eigenvalue weighted by molar-refractivity contribution is 9.10. The Hall–Kier alpha value is -0.610. The fourth-order valence-corrected chi connectivity index (χ4v) is 4.61. The summed E-state index contributed by atoms with van der Waals surface area (Å²) in [6.45, 7) is 4.13. The molecular formula is C19H27BrFNO. The van der Waals surface area contributed by atoms with Crippen LogP contribution in [0, 0.1) is 11.2 Å². The van der Waals surface area contributed by atoms with Crippen molar-refractivity contribution in [2.75, 3.05) is 26.2 Å². The summed E-state index contributed by atoms with van der Waals surface area (Å²) in [5, 5.41) is 0. The molecule has 2 aliphatic rings. The first kappa shape index (κ1) is 17.2. The van der Waals surface area contributed by atoms with E-state index in [1.807, 2.05) is 6.07 Å². The van der Waals surface area contributed by atoms with Gasteiger partial charge in [-0.15, -0.1) is 0 Å².